The molecule has 0 spiro atoms. The summed E-state index contributed by atoms with van der Waals surface area (Å²) in [6.45, 7) is 4.97. The van der Waals surface area contributed by atoms with E-state index in [1.165, 1.54) is 0 Å². The number of nitrogens with one attached hydrogen (secondary N) is 2. The number of aliphatic imine (C=N–C) groups is 1. The molecule has 2 N–H and O–H groups in total. The highest BCUT2D eigenvalue weighted by Crippen LogP contribution is 2.31. The molecule has 1 aromatic carbocycles. The largest absolute Gasteiger partial charge is 0.493 e. The standard InChI is InChI=1S/C23H36N4O3.HI/c1-16(2)30-18-11-9-17(10-12-18)25-23(24-15-22(28)27(3)4)26-20-13-14-29-21-8-6-5-7-19(20)21;/h5-8,16-18,20H,9-15H2,1-4H3,(H2,24,25,26);1H. The van der Waals surface area contributed by atoms with Gasteiger partial charge in [-0.05, 0) is 45.6 Å². The second-order valence-corrected chi connectivity index (χ2v) is 8.63. The Hall–Kier alpha value is -1.55. The Bertz CT molecular complexity index is 733. The maximum Gasteiger partial charge on any atom is 0.243 e. The van der Waals surface area contributed by atoms with Crippen molar-refractivity contribution >= 4 is 35.8 Å². The third kappa shape index (κ3) is 7.82. The first-order valence-corrected chi connectivity index (χ1v) is 11.1. The van der Waals surface area contributed by atoms with Crippen molar-refractivity contribution in [3.05, 3.63) is 29.8 Å². The normalized spacial score (nSPS) is 23.3. The molecule has 3 rings (SSSR count). The van der Waals surface area contributed by atoms with Crippen molar-refractivity contribution in [3.63, 3.8) is 0 Å². The molecular formula is C23H37IN4O3. The van der Waals surface area contributed by atoms with Crippen LogP contribution in [0.3, 0.4) is 0 Å². The van der Waals surface area contributed by atoms with Gasteiger partial charge in [0.25, 0.3) is 0 Å². The number of likely N-dealkylation sites (N-methyl/N-ethyl adjacent to an activating group) is 1. The quantitative estimate of drug-likeness (QED) is 0.326. The Kier molecular flexibility index (Phi) is 10.3. The number of amides is 1. The summed E-state index contributed by atoms with van der Waals surface area (Å²) in [7, 11) is 3.51. The van der Waals surface area contributed by atoms with Gasteiger partial charge in [-0.2, -0.15) is 0 Å². The molecule has 1 atom stereocenters. The molecule has 8 heteroatoms. The number of nitrogens with zero attached hydrogens (tertiary/aromatic N) is 2. The topological polar surface area (TPSA) is 75.2 Å². The van der Waals surface area contributed by atoms with E-state index in [0.29, 0.717) is 24.7 Å². The van der Waals surface area contributed by atoms with Crippen LogP contribution in [0.25, 0.3) is 0 Å². The van der Waals surface area contributed by atoms with E-state index < -0.39 is 0 Å². The molecule has 0 saturated heterocycles. The lowest BCUT2D eigenvalue weighted by Gasteiger charge is -2.33. The number of carbonyl (C=O) groups is 1. The van der Waals surface area contributed by atoms with Crippen LogP contribution in [0.1, 0.15) is 57.6 Å². The highest BCUT2D eigenvalue weighted by atomic mass is 127. The molecule has 1 fully saturated rings. The molecule has 1 saturated carbocycles. The maximum absolute atomic E-state index is 12.1. The fourth-order valence-corrected chi connectivity index (χ4v) is 4.00. The number of rotatable bonds is 6. The molecule has 174 valence electrons. The van der Waals surface area contributed by atoms with Crippen LogP contribution in [0.15, 0.2) is 29.3 Å². The number of carbonyl (C=O) groups excluding carboxylic acids is 1. The van der Waals surface area contributed by atoms with Crippen LogP contribution in [0.2, 0.25) is 0 Å². The molecule has 1 amide bonds. The van der Waals surface area contributed by atoms with Gasteiger partial charge in [0.2, 0.25) is 5.91 Å². The average Bonchev–Trinajstić information content (AvgIpc) is 2.73. The van der Waals surface area contributed by atoms with Gasteiger partial charge in [-0.15, -0.1) is 24.0 Å². The van der Waals surface area contributed by atoms with Crippen LogP contribution in [-0.4, -0.2) is 62.3 Å². The van der Waals surface area contributed by atoms with Gasteiger partial charge in [0.1, 0.15) is 12.3 Å². The molecule has 0 radical (unpaired) electrons. The van der Waals surface area contributed by atoms with Gasteiger partial charge in [0.15, 0.2) is 5.96 Å². The molecule has 1 heterocycles. The number of halogens is 1. The fourth-order valence-electron chi connectivity index (χ4n) is 4.00. The summed E-state index contributed by atoms with van der Waals surface area (Å²) in [5.74, 6) is 1.59. The van der Waals surface area contributed by atoms with Gasteiger partial charge >= 0.3 is 0 Å². The summed E-state index contributed by atoms with van der Waals surface area (Å²) in [6.07, 6.45) is 5.61. The van der Waals surface area contributed by atoms with E-state index in [4.69, 9.17) is 9.47 Å². The van der Waals surface area contributed by atoms with Crippen molar-refractivity contribution in [2.24, 2.45) is 4.99 Å². The van der Waals surface area contributed by atoms with Crippen molar-refractivity contribution in [2.45, 2.75) is 70.2 Å². The molecule has 0 bridgehead atoms. The van der Waals surface area contributed by atoms with Crippen LogP contribution in [0.4, 0.5) is 0 Å². The van der Waals surface area contributed by atoms with Crippen LogP contribution >= 0.6 is 24.0 Å². The third-order valence-corrected chi connectivity index (χ3v) is 5.62. The number of hydrogen-bond acceptors (Lipinski definition) is 4. The van der Waals surface area contributed by atoms with E-state index in [-0.39, 0.29) is 48.6 Å². The maximum atomic E-state index is 12.1. The van der Waals surface area contributed by atoms with Crippen molar-refractivity contribution in [1.82, 2.24) is 15.5 Å². The first-order chi connectivity index (χ1) is 14.4. The van der Waals surface area contributed by atoms with E-state index in [2.05, 4.69) is 35.5 Å². The third-order valence-electron chi connectivity index (χ3n) is 5.62. The predicted octanol–water partition coefficient (Wildman–Crippen LogP) is 3.49. The zero-order valence-corrected chi connectivity index (χ0v) is 21.4. The summed E-state index contributed by atoms with van der Waals surface area (Å²) in [4.78, 5) is 18.3. The van der Waals surface area contributed by atoms with Crippen LogP contribution in [-0.2, 0) is 9.53 Å². The molecule has 7 nitrogen and oxygen atoms in total. The number of hydrogen-bond donors (Lipinski definition) is 2. The van der Waals surface area contributed by atoms with Gasteiger partial charge in [-0.3, -0.25) is 4.79 Å². The lowest BCUT2D eigenvalue weighted by Crippen LogP contribution is -2.47. The van der Waals surface area contributed by atoms with Gasteiger partial charge in [0, 0.05) is 32.1 Å². The smallest absolute Gasteiger partial charge is 0.243 e. The highest BCUT2D eigenvalue weighted by molar-refractivity contribution is 14.0. The van der Waals surface area contributed by atoms with E-state index in [0.717, 1.165) is 43.4 Å². The summed E-state index contributed by atoms with van der Waals surface area (Å²) in [6, 6.07) is 8.53. The number of para-hydroxylation sites is 1. The van der Waals surface area contributed by atoms with Gasteiger partial charge < -0.3 is 25.0 Å². The lowest BCUT2D eigenvalue weighted by atomic mass is 9.93. The predicted molar refractivity (Wildman–Crippen MR) is 134 cm³/mol. The number of ether oxygens (including phenoxy) is 2. The Labute approximate surface area is 203 Å². The minimum atomic E-state index is -0.0162. The molecule has 31 heavy (non-hydrogen) atoms. The second-order valence-electron chi connectivity index (χ2n) is 8.63. The average molecular weight is 544 g/mol. The molecule has 1 aliphatic carbocycles. The van der Waals surface area contributed by atoms with Gasteiger partial charge in [-0.1, -0.05) is 18.2 Å². The summed E-state index contributed by atoms with van der Waals surface area (Å²) in [5, 5.41) is 7.13. The molecular weight excluding hydrogens is 507 g/mol. The number of fused-ring (bicyclic) bond motifs is 1. The van der Waals surface area contributed by atoms with E-state index in [1.807, 2.05) is 18.2 Å². The Morgan fingerprint density at radius 1 is 1.16 bits per heavy atom. The molecule has 1 aromatic rings. The van der Waals surface area contributed by atoms with Crippen LogP contribution < -0.4 is 15.4 Å². The van der Waals surface area contributed by atoms with Crippen molar-refractivity contribution < 1.29 is 14.3 Å². The summed E-state index contributed by atoms with van der Waals surface area (Å²) < 4.78 is 11.8. The zero-order chi connectivity index (χ0) is 21.5. The van der Waals surface area contributed by atoms with Crippen LogP contribution in [0.5, 0.6) is 5.75 Å². The molecule has 1 aliphatic heterocycles. The fraction of sp³-hybridized carbons (Fsp3) is 0.652. The monoisotopic (exact) mass is 544 g/mol. The van der Waals surface area contributed by atoms with Crippen molar-refractivity contribution in [2.75, 3.05) is 27.2 Å². The Balaban J connectivity index is 0.00000341. The van der Waals surface area contributed by atoms with Crippen LogP contribution in [0, 0.1) is 0 Å². The lowest BCUT2D eigenvalue weighted by molar-refractivity contribution is -0.127. The minimum Gasteiger partial charge on any atom is -0.493 e. The number of benzene rings is 1. The van der Waals surface area contributed by atoms with Gasteiger partial charge in [-0.25, -0.2) is 4.99 Å². The first kappa shape index (κ1) is 25.7. The Morgan fingerprint density at radius 2 is 1.87 bits per heavy atom. The van der Waals surface area contributed by atoms with E-state index >= 15 is 0 Å². The van der Waals surface area contributed by atoms with Gasteiger partial charge in [0.05, 0.1) is 24.9 Å². The van der Waals surface area contributed by atoms with Crippen molar-refractivity contribution in [1.29, 1.82) is 0 Å². The molecule has 2 aliphatic rings. The summed E-state index contributed by atoms with van der Waals surface area (Å²) >= 11 is 0. The van der Waals surface area contributed by atoms with E-state index in [9.17, 15) is 4.79 Å². The molecule has 0 aromatic heterocycles. The first-order valence-electron chi connectivity index (χ1n) is 11.1. The minimum absolute atomic E-state index is 0. The summed E-state index contributed by atoms with van der Waals surface area (Å²) in [5.41, 5.74) is 1.13. The van der Waals surface area contributed by atoms with Crippen molar-refractivity contribution in [3.8, 4) is 5.75 Å². The highest BCUT2D eigenvalue weighted by Gasteiger charge is 2.26. The van der Waals surface area contributed by atoms with E-state index in [1.54, 1.807) is 19.0 Å². The Morgan fingerprint density at radius 3 is 2.55 bits per heavy atom. The zero-order valence-electron chi connectivity index (χ0n) is 19.1. The second kappa shape index (κ2) is 12.5. The SMILES string of the molecule is CC(C)OC1CCC(NC(=NCC(=O)N(C)C)NC2CCOc3ccccc32)CC1.I. The number of guanidine groups is 1. The molecule has 1 unspecified atom stereocenters.